The maximum atomic E-state index is 12.3. The lowest BCUT2D eigenvalue weighted by Gasteiger charge is -2.34. The number of ether oxygens (including phenoxy) is 1. The molecular formula is C19H34IN5O2S. The van der Waals surface area contributed by atoms with Gasteiger partial charge < -0.3 is 20.3 Å². The van der Waals surface area contributed by atoms with Crippen LogP contribution in [0.25, 0.3) is 0 Å². The van der Waals surface area contributed by atoms with Crippen LogP contribution in [0.3, 0.4) is 0 Å². The molecule has 0 saturated carbocycles. The number of guanidine groups is 1. The van der Waals surface area contributed by atoms with Crippen molar-refractivity contribution in [1.82, 2.24) is 20.5 Å². The first-order valence-electron chi connectivity index (χ1n) is 9.66. The van der Waals surface area contributed by atoms with Crippen LogP contribution < -0.4 is 10.6 Å². The second-order valence-electron chi connectivity index (χ2n) is 7.82. The number of aromatic nitrogens is 1. The molecule has 9 heteroatoms. The number of carbonyl (C=O) groups excluding carboxylic acids is 1. The minimum absolute atomic E-state index is 0. The van der Waals surface area contributed by atoms with Gasteiger partial charge in [0.15, 0.2) is 5.96 Å². The van der Waals surface area contributed by atoms with Gasteiger partial charge in [0.25, 0.3) is 0 Å². The Kier molecular flexibility index (Phi) is 10.5. The topological polar surface area (TPSA) is 78.9 Å². The van der Waals surface area contributed by atoms with Gasteiger partial charge in [-0.1, -0.05) is 6.92 Å². The minimum atomic E-state index is -0.457. The fraction of sp³-hybridized carbons (Fsp3) is 0.737. The van der Waals surface area contributed by atoms with Crippen LogP contribution in [0, 0.1) is 5.92 Å². The van der Waals surface area contributed by atoms with Crippen molar-refractivity contribution in [2.24, 2.45) is 10.9 Å². The van der Waals surface area contributed by atoms with E-state index in [0.717, 1.165) is 43.3 Å². The van der Waals surface area contributed by atoms with Gasteiger partial charge in [-0.25, -0.2) is 9.78 Å². The van der Waals surface area contributed by atoms with E-state index in [9.17, 15) is 4.79 Å². The number of halogens is 1. The molecule has 1 atom stereocenters. The third-order valence-electron chi connectivity index (χ3n) is 4.31. The maximum absolute atomic E-state index is 12.3. The van der Waals surface area contributed by atoms with Gasteiger partial charge in [0.05, 0.1) is 6.54 Å². The molecule has 2 rings (SSSR count). The number of aliphatic imine (C=N–C) groups is 1. The van der Waals surface area contributed by atoms with Crippen molar-refractivity contribution in [2.75, 3.05) is 26.7 Å². The summed E-state index contributed by atoms with van der Waals surface area (Å²) in [5.74, 6) is 1.15. The SMILES string of the molecule is CCc1cnc(CNC(=NC)NCC2CCCN(C(=O)OC(C)(C)C)C2)s1.I. The molecule has 0 aliphatic carbocycles. The van der Waals surface area contributed by atoms with Crippen LogP contribution in [0.2, 0.25) is 0 Å². The molecule has 2 N–H and O–H groups in total. The standard InChI is InChI=1S/C19H33N5O2S.HI/c1-6-15-11-21-16(27-15)12-23-17(20-5)22-10-14-8-7-9-24(13-14)18(25)26-19(2,3)4;/h11,14H,6-10,12-13H2,1-5H3,(H2,20,22,23);1H. The van der Waals surface area contributed by atoms with E-state index < -0.39 is 5.60 Å². The monoisotopic (exact) mass is 523 g/mol. The molecule has 2 heterocycles. The third kappa shape index (κ3) is 8.50. The fourth-order valence-corrected chi connectivity index (χ4v) is 3.74. The van der Waals surface area contributed by atoms with Crippen molar-refractivity contribution in [2.45, 2.75) is 59.1 Å². The first-order valence-corrected chi connectivity index (χ1v) is 10.5. The van der Waals surface area contributed by atoms with Gasteiger partial charge in [-0.3, -0.25) is 4.99 Å². The number of likely N-dealkylation sites (tertiary alicyclic amines) is 1. The molecule has 1 aromatic heterocycles. The number of carbonyl (C=O) groups is 1. The number of piperidine rings is 1. The molecular weight excluding hydrogens is 489 g/mol. The fourth-order valence-electron chi connectivity index (χ4n) is 2.94. The lowest BCUT2D eigenvalue weighted by Crippen LogP contribution is -2.47. The second kappa shape index (κ2) is 11.8. The lowest BCUT2D eigenvalue weighted by molar-refractivity contribution is 0.0168. The highest BCUT2D eigenvalue weighted by Gasteiger charge is 2.27. The quantitative estimate of drug-likeness (QED) is 0.350. The zero-order valence-electron chi connectivity index (χ0n) is 17.6. The molecule has 28 heavy (non-hydrogen) atoms. The van der Waals surface area contributed by atoms with Crippen LogP contribution >= 0.6 is 35.3 Å². The van der Waals surface area contributed by atoms with Crippen molar-refractivity contribution < 1.29 is 9.53 Å². The smallest absolute Gasteiger partial charge is 0.410 e. The normalized spacial score (nSPS) is 17.7. The number of nitrogens with one attached hydrogen (secondary N) is 2. The van der Waals surface area contributed by atoms with Crippen LogP contribution in [0.5, 0.6) is 0 Å². The van der Waals surface area contributed by atoms with Crippen molar-refractivity contribution in [1.29, 1.82) is 0 Å². The number of amides is 1. The highest BCUT2D eigenvalue weighted by Crippen LogP contribution is 2.19. The highest BCUT2D eigenvalue weighted by molar-refractivity contribution is 14.0. The van der Waals surface area contributed by atoms with Crippen molar-refractivity contribution in [3.8, 4) is 0 Å². The van der Waals surface area contributed by atoms with Gasteiger partial charge in [0.1, 0.15) is 10.6 Å². The molecule has 1 aliphatic heterocycles. The molecule has 1 unspecified atom stereocenters. The summed E-state index contributed by atoms with van der Waals surface area (Å²) in [5.41, 5.74) is -0.457. The largest absolute Gasteiger partial charge is 0.444 e. The predicted octanol–water partition coefficient (Wildman–Crippen LogP) is 3.64. The van der Waals surface area contributed by atoms with Crippen molar-refractivity contribution >= 4 is 47.4 Å². The van der Waals surface area contributed by atoms with E-state index in [-0.39, 0.29) is 30.1 Å². The molecule has 0 bridgehead atoms. The Labute approximate surface area is 189 Å². The number of aryl methyl sites for hydroxylation is 1. The van der Waals surface area contributed by atoms with E-state index in [1.165, 1.54) is 4.88 Å². The Morgan fingerprint density at radius 2 is 2.18 bits per heavy atom. The number of nitrogens with zero attached hydrogens (tertiary/aromatic N) is 3. The average molecular weight is 523 g/mol. The van der Waals surface area contributed by atoms with Gasteiger partial charge in [0, 0.05) is 37.8 Å². The van der Waals surface area contributed by atoms with Crippen molar-refractivity contribution in [3.63, 3.8) is 0 Å². The van der Waals surface area contributed by atoms with Crippen LogP contribution in [0.4, 0.5) is 4.79 Å². The van der Waals surface area contributed by atoms with E-state index in [2.05, 4.69) is 27.5 Å². The molecule has 0 aromatic carbocycles. The second-order valence-corrected chi connectivity index (χ2v) is 9.01. The van der Waals surface area contributed by atoms with Crippen LogP contribution in [0.1, 0.15) is 50.4 Å². The molecule has 7 nitrogen and oxygen atoms in total. The molecule has 160 valence electrons. The molecule has 1 aromatic rings. The number of rotatable bonds is 5. The Hall–Kier alpha value is -1.10. The van der Waals surface area contributed by atoms with E-state index in [1.54, 1.807) is 18.4 Å². The number of hydrogen-bond donors (Lipinski definition) is 2. The summed E-state index contributed by atoms with van der Waals surface area (Å²) in [5, 5.41) is 7.74. The van der Waals surface area contributed by atoms with Crippen LogP contribution in [-0.4, -0.2) is 54.2 Å². The highest BCUT2D eigenvalue weighted by atomic mass is 127. The summed E-state index contributed by atoms with van der Waals surface area (Å²) < 4.78 is 5.50. The van der Waals surface area contributed by atoms with Crippen LogP contribution in [-0.2, 0) is 17.7 Å². The van der Waals surface area contributed by atoms with Gasteiger partial charge >= 0.3 is 6.09 Å². The lowest BCUT2D eigenvalue weighted by atomic mass is 9.98. The number of thiazole rings is 1. The summed E-state index contributed by atoms with van der Waals surface area (Å²) in [4.78, 5) is 24.1. The molecule has 0 spiro atoms. The van der Waals surface area contributed by atoms with Gasteiger partial charge in [-0.05, 0) is 46.0 Å². The summed E-state index contributed by atoms with van der Waals surface area (Å²) in [6.07, 6.45) is 4.82. The Morgan fingerprint density at radius 3 is 2.79 bits per heavy atom. The Morgan fingerprint density at radius 1 is 1.43 bits per heavy atom. The zero-order chi connectivity index (χ0) is 19.9. The molecule has 1 saturated heterocycles. The average Bonchev–Trinajstić information content (AvgIpc) is 3.09. The molecule has 0 radical (unpaired) electrons. The van der Waals surface area contributed by atoms with E-state index in [0.29, 0.717) is 19.0 Å². The Balaban J connectivity index is 0.00000392. The van der Waals surface area contributed by atoms with E-state index >= 15 is 0 Å². The Bertz CT molecular complexity index is 645. The minimum Gasteiger partial charge on any atom is -0.444 e. The maximum Gasteiger partial charge on any atom is 0.410 e. The summed E-state index contributed by atoms with van der Waals surface area (Å²) >= 11 is 1.72. The van der Waals surface area contributed by atoms with Crippen LogP contribution in [0.15, 0.2) is 11.2 Å². The summed E-state index contributed by atoms with van der Waals surface area (Å²) in [6.45, 7) is 10.7. The van der Waals surface area contributed by atoms with Gasteiger partial charge in [0.2, 0.25) is 0 Å². The van der Waals surface area contributed by atoms with E-state index in [1.807, 2.05) is 31.9 Å². The summed E-state index contributed by atoms with van der Waals surface area (Å²) in [7, 11) is 1.77. The van der Waals surface area contributed by atoms with Crippen molar-refractivity contribution in [3.05, 3.63) is 16.1 Å². The first kappa shape index (κ1) is 24.9. The van der Waals surface area contributed by atoms with Gasteiger partial charge in [-0.15, -0.1) is 35.3 Å². The number of hydrogen-bond acceptors (Lipinski definition) is 5. The zero-order valence-corrected chi connectivity index (χ0v) is 20.7. The molecule has 1 aliphatic rings. The third-order valence-corrected chi connectivity index (χ3v) is 5.45. The summed E-state index contributed by atoms with van der Waals surface area (Å²) in [6, 6.07) is 0. The van der Waals surface area contributed by atoms with Gasteiger partial charge in [-0.2, -0.15) is 0 Å². The molecule has 1 amide bonds. The molecule has 1 fully saturated rings. The predicted molar refractivity (Wildman–Crippen MR) is 126 cm³/mol. The van der Waals surface area contributed by atoms with E-state index in [4.69, 9.17) is 4.74 Å². The first-order chi connectivity index (χ1) is 12.8.